The number of halogens is 1. The first-order valence-electron chi connectivity index (χ1n) is 6.60. The summed E-state index contributed by atoms with van der Waals surface area (Å²) in [7, 11) is 0. The van der Waals surface area contributed by atoms with E-state index in [4.69, 9.17) is 9.47 Å². The number of rotatable bonds is 2. The molecular weight excluding hydrogens is 310 g/mol. The topological polar surface area (TPSA) is 47.6 Å². The minimum atomic E-state index is 0.0626. The zero-order valence-electron chi connectivity index (χ0n) is 10.6. The molecule has 1 aromatic rings. The number of carbonyl (C=O) groups is 1. The first-order valence-corrected chi connectivity index (χ1v) is 7.39. The molecular formula is C14H16BrNO3. The Morgan fingerprint density at radius 3 is 2.68 bits per heavy atom. The lowest BCUT2D eigenvalue weighted by atomic mass is 9.91. The van der Waals surface area contributed by atoms with Crippen LogP contribution in [0.15, 0.2) is 16.6 Å². The van der Waals surface area contributed by atoms with Crippen molar-refractivity contribution in [1.82, 2.24) is 5.32 Å². The van der Waals surface area contributed by atoms with E-state index in [1.165, 1.54) is 0 Å². The van der Waals surface area contributed by atoms with Crippen molar-refractivity contribution in [2.24, 2.45) is 5.92 Å². The van der Waals surface area contributed by atoms with Crippen LogP contribution < -0.4 is 14.8 Å². The summed E-state index contributed by atoms with van der Waals surface area (Å²) in [6, 6.07) is 3.63. The monoisotopic (exact) mass is 325 g/mol. The number of hydrogen-bond donors (Lipinski definition) is 1. The van der Waals surface area contributed by atoms with Crippen LogP contribution in [0.4, 0.5) is 0 Å². The lowest BCUT2D eigenvalue weighted by Crippen LogP contribution is -2.34. The standard InChI is InChI=1S/C14H16BrNO3/c15-11-7-13-12(18-4-5-19-13)6-10(11)14(17)9-2-1-3-16-8-9/h6-7,9,16H,1-5,8H2. The van der Waals surface area contributed by atoms with E-state index in [2.05, 4.69) is 21.2 Å². The molecule has 2 aliphatic heterocycles. The summed E-state index contributed by atoms with van der Waals surface area (Å²) in [4.78, 5) is 12.5. The molecule has 19 heavy (non-hydrogen) atoms. The van der Waals surface area contributed by atoms with Crippen LogP contribution in [-0.2, 0) is 0 Å². The Morgan fingerprint density at radius 2 is 2.00 bits per heavy atom. The molecule has 0 aromatic heterocycles. The van der Waals surface area contributed by atoms with Crippen LogP contribution in [0.2, 0.25) is 0 Å². The lowest BCUT2D eigenvalue weighted by molar-refractivity contribution is 0.0897. The molecule has 1 unspecified atom stereocenters. The first kappa shape index (κ1) is 12.9. The molecule has 0 radical (unpaired) electrons. The maximum atomic E-state index is 12.5. The van der Waals surface area contributed by atoms with Crippen LogP contribution in [0.25, 0.3) is 0 Å². The van der Waals surface area contributed by atoms with E-state index in [0.717, 1.165) is 30.4 Å². The van der Waals surface area contributed by atoms with Gasteiger partial charge in [0.2, 0.25) is 0 Å². The Kier molecular flexibility index (Phi) is 3.75. The van der Waals surface area contributed by atoms with Crippen molar-refractivity contribution in [2.45, 2.75) is 12.8 Å². The Balaban J connectivity index is 1.89. The van der Waals surface area contributed by atoms with Gasteiger partial charge in [0, 0.05) is 22.5 Å². The first-order chi connectivity index (χ1) is 9.25. The van der Waals surface area contributed by atoms with Crippen molar-refractivity contribution < 1.29 is 14.3 Å². The Morgan fingerprint density at radius 1 is 1.26 bits per heavy atom. The van der Waals surface area contributed by atoms with E-state index in [1.54, 1.807) is 6.07 Å². The molecule has 0 spiro atoms. The summed E-state index contributed by atoms with van der Waals surface area (Å²) in [5.41, 5.74) is 0.693. The number of Topliss-reactive ketones (excluding diaryl/α,β-unsaturated/α-hetero) is 1. The van der Waals surface area contributed by atoms with Crippen molar-refractivity contribution >= 4 is 21.7 Å². The number of ketones is 1. The minimum absolute atomic E-state index is 0.0626. The molecule has 2 aliphatic rings. The molecule has 5 heteroatoms. The van der Waals surface area contributed by atoms with Gasteiger partial charge in [-0.15, -0.1) is 0 Å². The summed E-state index contributed by atoms with van der Waals surface area (Å²) in [6.07, 6.45) is 2.01. The number of nitrogens with one attached hydrogen (secondary N) is 1. The fraction of sp³-hybridized carbons (Fsp3) is 0.500. The van der Waals surface area contributed by atoms with Crippen LogP contribution in [0.3, 0.4) is 0 Å². The Labute approximate surface area is 120 Å². The molecule has 1 atom stereocenters. The highest BCUT2D eigenvalue weighted by Crippen LogP contribution is 2.36. The average Bonchev–Trinajstić information content (AvgIpc) is 2.47. The fourth-order valence-corrected chi connectivity index (χ4v) is 3.07. The van der Waals surface area contributed by atoms with Crippen LogP contribution in [0.5, 0.6) is 11.5 Å². The highest BCUT2D eigenvalue weighted by Gasteiger charge is 2.26. The van der Waals surface area contributed by atoms with E-state index in [-0.39, 0.29) is 11.7 Å². The van der Waals surface area contributed by atoms with Crippen molar-refractivity contribution in [1.29, 1.82) is 0 Å². The summed E-state index contributed by atoms with van der Waals surface area (Å²) in [5, 5.41) is 3.28. The van der Waals surface area contributed by atoms with E-state index in [9.17, 15) is 4.79 Å². The molecule has 102 valence electrons. The predicted molar refractivity (Wildman–Crippen MR) is 75.1 cm³/mol. The van der Waals surface area contributed by atoms with Crippen LogP contribution in [-0.4, -0.2) is 32.1 Å². The van der Waals surface area contributed by atoms with Gasteiger partial charge < -0.3 is 14.8 Å². The molecule has 0 aliphatic carbocycles. The summed E-state index contributed by atoms with van der Waals surface area (Å²) in [6.45, 7) is 2.86. The normalized spacial score (nSPS) is 22.1. The van der Waals surface area contributed by atoms with Gasteiger partial charge in [-0.25, -0.2) is 0 Å². The fourth-order valence-electron chi connectivity index (χ4n) is 2.55. The van der Waals surface area contributed by atoms with Gasteiger partial charge in [0.05, 0.1) is 0 Å². The second kappa shape index (κ2) is 5.51. The highest BCUT2D eigenvalue weighted by molar-refractivity contribution is 9.10. The smallest absolute Gasteiger partial charge is 0.168 e. The van der Waals surface area contributed by atoms with Gasteiger partial charge in [0.25, 0.3) is 0 Å². The molecule has 0 bridgehead atoms. The molecule has 0 saturated carbocycles. The van der Waals surface area contributed by atoms with E-state index < -0.39 is 0 Å². The molecule has 1 aromatic carbocycles. The maximum Gasteiger partial charge on any atom is 0.168 e. The van der Waals surface area contributed by atoms with E-state index >= 15 is 0 Å². The molecule has 1 saturated heterocycles. The molecule has 3 rings (SSSR count). The largest absolute Gasteiger partial charge is 0.486 e. The van der Waals surface area contributed by atoms with Gasteiger partial charge in [-0.05, 0) is 47.4 Å². The third-order valence-corrected chi connectivity index (χ3v) is 4.22. The van der Waals surface area contributed by atoms with E-state index in [0.29, 0.717) is 30.3 Å². The van der Waals surface area contributed by atoms with Crippen LogP contribution >= 0.6 is 15.9 Å². The number of benzene rings is 1. The lowest BCUT2D eigenvalue weighted by Gasteiger charge is -2.23. The molecule has 0 amide bonds. The maximum absolute atomic E-state index is 12.5. The third-order valence-electron chi connectivity index (χ3n) is 3.56. The summed E-state index contributed by atoms with van der Waals surface area (Å²) < 4.78 is 11.8. The zero-order chi connectivity index (χ0) is 13.2. The second-order valence-corrected chi connectivity index (χ2v) is 5.74. The van der Waals surface area contributed by atoms with Gasteiger partial charge in [0.1, 0.15) is 13.2 Å². The number of hydrogen-bond acceptors (Lipinski definition) is 4. The summed E-state index contributed by atoms with van der Waals surface area (Å²) in [5.74, 6) is 1.61. The van der Waals surface area contributed by atoms with Gasteiger partial charge >= 0.3 is 0 Å². The van der Waals surface area contributed by atoms with Crippen LogP contribution in [0.1, 0.15) is 23.2 Å². The Bertz CT molecular complexity index is 498. The average molecular weight is 326 g/mol. The molecule has 2 heterocycles. The number of carbonyl (C=O) groups excluding carboxylic acids is 1. The summed E-state index contributed by atoms with van der Waals surface area (Å²) >= 11 is 3.47. The SMILES string of the molecule is O=C(c1cc2c(cc1Br)OCCO2)C1CCCNC1. The van der Waals surface area contributed by atoms with E-state index in [1.807, 2.05) is 6.07 Å². The van der Waals surface area contributed by atoms with Gasteiger partial charge in [-0.3, -0.25) is 4.79 Å². The van der Waals surface area contributed by atoms with Gasteiger partial charge in [-0.2, -0.15) is 0 Å². The predicted octanol–water partition coefficient (Wildman–Crippen LogP) is 2.40. The number of fused-ring (bicyclic) bond motifs is 1. The van der Waals surface area contributed by atoms with Gasteiger partial charge in [-0.1, -0.05) is 0 Å². The number of ether oxygens (including phenoxy) is 2. The Hall–Kier alpha value is -1.07. The van der Waals surface area contributed by atoms with Crippen molar-refractivity contribution in [3.05, 3.63) is 22.2 Å². The highest BCUT2D eigenvalue weighted by atomic mass is 79.9. The zero-order valence-corrected chi connectivity index (χ0v) is 12.2. The van der Waals surface area contributed by atoms with Crippen molar-refractivity contribution in [2.75, 3.05) is 26.3 Å². The van der Waals surface area contributed by atoms with Crippen LogP contribution in [0, 0.1) is 5.92 Å². The second-order valence-electron chi connectivity index (χ2n) is 4.88. The molecule has 1 N–H and O–H groups in total. The third kappa shape index (κ3) is 2.62. The van der Waals surface area contributed by atoms with Crippen molar-refractivity contribution in [3.63, 3.8) is 0 Å². The quantitative estimate of drug-likeness (QED) is 0.848. The molecule has 4 nitrogen and oxygen atoms in total. The molecule has 1 fully saturated rings. The van der Waals surface area contributed by atoms with Gasteiger partial charge in [0.15, 0.2) is 17.3 Å². The van der Waals surface area contributed by atoms with Crippen molar-refractivity contribution in [3.8, 4) is 11.5 Å². The number of piperidine rings is 1. The minimum Gasteiger partial charge on any atom is -0.486 e.